The van der Waals surface area contributed by atoms with Crippen molar-refractivity contribution in [3.8, 4) is 0 Å². The monoisotopic (exact) mass is 345 g/mol. The third-order valence-corrected chi connectivity index (χ3v) is 5.87. The fraction of sp³-hybridized carbons (Fsp3) is 0.176. The van der Waals surface area contributed by atoms with Gasteiger partial charge in [0.1, 0.15) is 0 Å². The number of rotatable bonds is 2. The Labute approximate surface area is 131 Å². The topological polar surface area (TPSA) is 26.0 Å². The lowest BCUT2D eigenvalue weighted by Crippen LogP contribution is -2.13. The van der Waals surface area contributed by atoms with Gasteiger partial charge in [0, 0.05) is 9.17 Å². The molecule has 1 unspecified atom stereocenters. The predicted molar refractivity (Wildman–Crippen MR) is 91.5 cm³/mol. The lowest BCUT2D eigenvalue weighted by molar-refractivity contribution is 0.871. The average Bonchev–Trinajstić information content (AvgIpc) is 2.86. The van der Waals surface area contributed by atoms with E-state index >= 15 is 0 Å². The van der Waals surface area contributed by atoms with Gasteiger partial charge >= 0.3 is 0 Å². The molecule has 2 N–H and O–H groups in total. The Kier molecular flexibility index (Phi) is 3.67. The van der Waals surface area contributed by atoms with E-state index in [0.29, 0.717) is 0 Å². The summed E-state index contributed by atoms with van der Waals surface area (Å²) in [5.74, 6) is 0. The molecule has 0 aliphatic heterocycles. The second kappa shape index (κ2) is 5.32. The molecule has 0 saturated heterocycles. The number of nitrogens with two attached hydrogens (primary N) is 1. The fourth-order valence-electron chi connectivity index (χ4n) is 2.56. The Morgan fingerprint density at radius 2 is 1.80 bits per heavy atom. The SMILES string of the molecule is Cc1cccc(C(N)c2csc3c(Br)cccc23)c1C. The summed E-state index contributed by atoms with van der Waals surface area (Å²) in [4.78, 5) is 0. The molecule has 0 spiro atoms. The van der Waals surface area contributed by atoms with Crippen molar-refractivity contribution in [3.63, 3.8) is 0 Å². The molecule has 20 heavy (non-hydrogen) atoms. The molecule has 0 fully saturated rings. The molecule has 0 radical (unpaired) electrons. The number of thiophene rings is 1. The highest BCUT2D eigenvalue weighted by atomic mass is 79.9. The van der Waals surface area contributed by atoms with Gasteiger partial charge in [-0.2, -0.15) is 0 Å². The van der Waals surface area contributed by atoms with Gasteiger partial charge in [0.2, 0.25) is 0 Å². The molecule has 0 saturated carbocycles. The lowest BCUT2D eigenvalue weighted by Gasteiger charge is -2.16. The van der Waals surface area contributed by atoms with Crippen molar-refractivity contribution in [2.24, 2.45) is 5.73 Å². The van der Waals surface area contributed by atoms with Gasteiger partial charge < -0.3 is 5.73 Å². The molecule has 0 aliphatic carbocycles. The Balaban J connectivity index is 2.16. The number of hydrogen-bond acceptors (Lipinski definition) is 2. The quantitative estimate of drug-likeness (QED) is 0.667. The molecule has 0 aliphatic rings. The zero-order valence-corrected chi connectivity index (χ0v) is 13.9. The van der Waals surface area contributed by atoms with E-state index in [0.717, 1.165) is 4.47 Å². The molecular weight excluding hydrogens is 330 g/mol. The molecule has 3 heteroatoms. The molecule has 2 aromatic carbocycles. The number of halogens is 1. The van der Waals surface area contributed by atoms with Gasteiger partial charge in [-0.05, 0) is 68.9 Å². The van der Waals surface area contributed by atoms with Crippen LogP contribution >= 0.6 is 27.3 Å². The first-order valence-electron chi connectivity index (χ1n) is 6.57. The highest BCUT2D eigenvalue weighted by Crippen LogP contribution is 2.37. The number of benzene rings is 2. The number of fused-ring (bicyclic) bond motifs is 1. The summed E-state index contributed by atoms with van der Waals surface area (Å²) < 4.78 is 2.41. The lowest BCUT2D eigenvalue weighted by atomic mass is 9.93. The van der Waals surface area contributed by atoms with E-state index in [1.165, 1.54) is 32.3 Å². The smallest absolute Gasteiger partial charge is 0.0568 e. The molecule has 1 aromatic heterocycles. The van der Waals surface area contributed by atoms with E-state index in [1.807, 2.05) is 0 Å². The predicted octanol–water partition coefficient (Wildman–Crippen LogP) is 5.33. The van der Waals surface area contributed by atoms with Crippen molar-refractivity contribution in [1.29, 1.82) is 0 Å². The van der Waals surface area contributed by atoms with Crippen LogP contribution in [0.5, 0.6) is 0 Å². The van der Waals surface area contributed by atoms with E-state index in [2.05, 4.69) is 71.6 Å². The second-order valence-corrected chi connectivity index (χ2v) is 6.81. The van der Waals surface area contributed by atoms with Crippen molar-refractivity contribution < 1.29 is 0 Å². The minimum Gasteiger partial charge on any atom is -0.320 e. The molecule has 3 aromatic rings. The molecule has 3 rings (SSSR count). The van der Waals surface area contributed by atoms with Crippen LogP contribution in [-0.2, 0) is 0 Å². The summed E-state index contributed by atoms with van der Waals surface area (Å²) in [7, 11) is 0. The van der Waals surface area contributed by atoms with E-state index < -0.39 is 0 Å². The molecule has 102 valence electrons. The standard InChI is InChI=1S/C17H16BrNS/c1-10-5-3-6-12(11(10)2)16(19)14-9-20-17-13(14)7-4-8-15(17)18/h3-9,16H,19H2,1-2H3. The Bertz CT molecular complexity index is 776. The highest BCUT2D eigenvalue weighted by molar-refractivity contribution is 9.10. The van der Waals surface area contributed by atoms with Crippen LogP contribution in [0.4, 0.5) is 0 Å². The van der Waals surface area contributed by atoms with Gasteiger partial charge in [0.25, 0.3) is 0 Å². The van der Waals surface area contributed by atoms with Crippen molar-refractivity contribution in [2.75, 3.05) is 0 Å². The van der Waals surface area contributed by atoms with Crippen molar-refractivity contribution in [1.82, 2.24) is 0 Å². The van der Waals surface area contributed by atoms with Crippen LogP contribution in [-0.4, -0.2) is 0 Å². The third-order valence-electron chi connectivity index (χ3n) is 3.90. The Hall–Kier alpha value is -1.16. The molecule has 0 bridgehead atoms. The van der Waals surface area contributed by atoms with Gasteiger partial charge in [-0.25, -0.2) is 0 Å². The maximum atomic E-state index is 6.54. The van der Waals surface area contributed by atoms with Crippen molar-refractivity contribution in [3.05, 3.63) is 68.5 Å². The van der Waals surface area contributed by atoms with Crippen LogP contribution in [0.2, 0.25) is 0 Å². The first-order valence-corrected chi connectivity index (χ1v) is 8.24. The number of aryl methyl sites for hydroxylation is 1. The Morgan fingerprint density at radius 1 is 1.05 bits per heavy atom. The van der Waals surface area contributed by atoms with Crippen LogP contribution in [0.25, 0.3) is 10.1 Å². The summed E-state index contributed by atoms with van der Waals surface area (Å²) in [6.07, 6.45) is 0. The van der Waals surface area contributed by atoms with Crippen LogP contribution in [0.1, 0.15) is 28.3 Å². The van der Waals surface area contributed by atoms with Gasteiger partial charge in [0.05, 0.1) is 6.04 Å². The third kappa shape index (κ3) is 2.20. The van der Waals surface area contributed by atoms with Gasteiger partial charge in [-0.15, -0.1) is 11.3 Å². The summed E-state index contributed by atoms with van der Waals surface area (Å²) in [6.45, 7) is 4.28. The van der Waals surface area contributed by atoms with Crippen LogP contribution in [0.3, 0.4) is 0 Å². The summed E-state index contributed by atoms with van der Waals surface area (Å²) in [5.41, 5.74) is 11.5. The van der Waals surface area contributed by atoms with Gasteiger partial charge in [-0.1, -0.05) is 30.3 Å². The normalized spacial score (nSPS) is 12.8. The summed E-state index contributed by atoms with van der Waals surface area (Å²) in [5, 5.41) is 3.43. The van der Waals surface area contributed by atoms with E-state index in [-0.39, 0.29) is 6.04 Å². The molecule has 1 nitrogen and oxygen atoms in total. The van der Waals surface area contributed by atoms with Crippen LogP contribution in [0.15, 0.2) is 46.3 Å². The first-order chi connectivity index (χ1) is 9.59. The molecular formula is C17H16BrNS. The largest absolute Gasteiger partial charge is 0.320 e. The van der Waals surface area contributed by atoms with E-state index in [1.54, 1.807) is 11.3 Å². The van der Waals surface area contributed by atoms with E-state index in [9.17, 15) is 0 Å². The first kappa shape index (κ1) is 13.8. The fourth-order valence-corrected chi connectivity index (χ4v) is 4.22. The zero-order chi connectivity index (χ0) is 14.3. The average molecular weight is 346 g/mol. The van der Waals surface area contributed by atoms with Crippen molar-refractivity contribution in [2.45, 2.75) is 19.9 Å². The van der Waals surface area contributed by atoms with Crippen LogP contribution < -0.4 is 5.73 Å². The minimum atomic E-state index is -0.0713. The zero-order valence-electron chi connectivity index (χ0n) is 11.5. The second-order valence-electron chi connectivity index (χ2n) is 5.07. The van der Waals surface area contributed by atoms with Gasteiger partial charge in [-0.3, -0.25) is 0 Å². The maximum Gasteiger partial charge on any atom is 0.0568 e. The number of hydrogen-bond donors (Lipinski definition) is 1. The van der Waals surface area contributed by atoms with Gasteiger partial charge in [0.15, 0.2) is 0 Å². The van der Waals surface area contributed by atoms with E-state index in [4.69, 9.17) is 5.73 Å². The molecule has 0 amide bonds. The maximum absolute atomic E-state index is 6.54. The summed E-state index contributed by atoms with van der Waals surface area (Å²) in [6, 6.07) is 12.6. The van der Waals surface area contributed by atoms with Crippen molar-refractivity contribution >= 4 is 37.4 Å². The molecule has 1 heterocycles. The summed E-state index contributed by atoms with van der Waals surface area (Å²) >= 11 is 5.36. The highest BCUT2D eigenvalue weighted by Gasteiger charge is 2.17. The van der Waals surface area contributed by atoms with Crippen LogP contribution in [0, 0.1) is 13.8 Å². The minimum absolute atomic E-state index is 0.0713. The Morgan fingerprint density at radius 3 is 2.60 bits per heavy atom. The molecule has 1 atom stereocenters.